The molecule has 0 aliphatic carbocycles. The Morgan fingerprint density at radius 3 is 1.81 bits per heavy atom. The van der Waals surface area contributed by atoms with Crippen molar-refractivity contribution >= 4 is 0 Å². The summed E-state index contributed by atoms with van der Waals surface area (Å²) in [5.41, 5.74) is 2.27. The van der Waals surface area contributed by atoms with Crippen LogP contribution in [0.1, 0.15) is 83.8 Å². The minimum absolute atomic E-state index is 0.174. The van der Waals surface area contributed by atoms with Crippen molar-refractivity contribution in [2.24, 2.45) is 0 Å². The van der Waals surface area contributed by atoms with Crippen LogP contribution in [0.15, 0.2) is 42.5 Å². The number of ether oxygens (including phenoxy) is 3. The van der Waals surface area contributed by atoms with Crippen LogP contribution in [0.3, 0.4) is 0 Å². The molecule has 2 rings (SSSR count). The summed E-state index contributed by atoms with van der Waals surface area (Å²) in [6.07, 6.45) is 9.27. The van der Waals surface area contributed by atoms with Crippen molar-refractivity contribution in [3.8, 4) is 11.1 Å². The van der Waals surface area contributed by atoms with Crippen molar-refractivity contribution in [2.75, 3.05) is 13.2 Å². The molecule has 2 aromatic carbocycles. The van der Waals surface area contributed by atoms with E-state index in [4.69, 9.17) is 14.2 Å². The van der Waals surface area contributed by atoms with Crippen LogP contribution in [0.4, 0.5) is 8.78 Å². The fourth-order valence-corrected chi connectivity index (χ4v) is 3.74. The van der Waals surface area contributed by atoms with Gasteiger partial charge in [0.25, 0.3) is 6.48 Å². The van der Waals surface area contributed by atoms with Crippen LogP contribution in [-0.4, -0.2) is 19.7 Å². The largest absolute Gasteiger partial charge is 0.330 e. The topological polar surface area (TPSA) is 27.7 Å². The molecule has 0 amide bonds. The molecule has 0 aliphatic rings. The Kier molecular flexibility index (Phi) is 12.5. The third-order valence-electron chi connectivity index (χ3n) is 5.43. The molecule has 0 aliphatic heterocycles. The van der Waals surface area contributed by atoms with Crippen LogP contribution in [0.2, 0.25) is 0 Å². The molecule has 5 heteroatoms. The summed E-state index contributed by atoms with van der Waals surface area (Å²) >= 11 is 0. The van der Waals surface area contributed by atoms with E-state index in [0.717, 1.165) is 36.5 Å². The van der Waals surface area contributed by atoms with Gasteiger partial charge in [-0.3, -0.25) is 0 Å². The molecule has 32 heavy (non-hydrogen) atoms. The minimum Gasteiger partial charge on any atom is -0.330 e. The molecule has 0 bridgehead atoms. The lowest BCUT2D eigenvalue weighted by Crippen LogP contribution is -2.24. The van der Waals surface area contributed by atoms with E-state index in [9.17, 15) is 8.78 Å². The first-order valence-electron chi connectivity index (χ1n) is 12.0. The standard InChI is InChI=1S/C27H38F2O3/c1-4-7-8-9-10-11-12-13-26(32-27(30-5-2)31-6-3)22-16-14-21(15-17-22)23-18-24(28)20-25(29)19-23/h14-20,26-27H,4-13H2,1-3H3. The van der Waals surface area contributed by atoms with E-state index in [0.29, 0.717) is 18.8 Å². The highest BCUT2D eigenvalue weighted by Gasteiger charge is 2.19. The van der Waals surface area contributed by atoms with Gasteiger partial charge in [0.2, 0.25) is 0 Å². The molecular weight excluding hydrogens is 410 g/mol. The van der Waals surface area contributed by atoms with Crippen LogP contribution >= 0.6 is 0 Å². The molecule has 0 radical (unpaired) electrons. The first kappa shape index (κ1) is 26.4. The van der Waals surface area contributed by atoms with E-state index in [1.165, 1.54) is 44.2 Å². The molecule has 0 fully saturated rings. The third-order valence-corrected chi connectivity index (χ3v) is 5.43. The lowest BCUT2D eigenvalue weighted by atomic mass is 9.98. The van der Waals surface area contributed by atoms with Gasteiger partial charge in [-0.2, -0.15) is 0 Å². The summed E-state index contributed by atoms with van der Waals surface area (Å²) in [4.78, 5) is 0. The summed E-state index contributed by atoms with van der Waals surface area (Å²) in [5.74, 6) is -1.17. The van der Waals surface area contributed by atoms with Crippen LogP contribution < -0.4 is 0 Å². The van der Waals surface area contributed by atoms with Gasteiger partial charge in [0.15, 0.2) is 0 Å². The molecule has 1 unspecified atom stereocenters. The van der Waals surface area contributed by atoms with E-state index in [1.807, 2.05) is 38.1 Å². The van der Waals surface area contributed by atoms with Gasteiger partial charge < -0.3 is 14.2 Å². The van der Waals surface area contributed by atoms with Gasteiger partial charge in [-0.1, -0.05) is 76.1 Å². The highest BCUT2D eigenvalue weighted by Crippen LogP contribution is 2.29. The van der Waals surface area contributed by atoms with Gasteiger partial charge in [0.05, 0.1) is 6.10 Å². The third kappa shape index (κ3) is 9.35. The number of hydrogen-bond acceptors (Lipinski definition) is 3. The van der Waals surface area contributed by atoms with E-state index in [2.05, 4.69) is 6.92 Å². The van der Waals surface area contributed by atoms with Gasteiger partial charge in [-0.05, 0) is 49.1 Å². The van der Waals surface area contributed by atoms with Crippen molar-refractivity contribution in [1.82, 2.24) is 0 Å². The Balaban J connectivity index is 2.07. The molecule has 0 spiro atoms. The molecule has 0 saturated heterocycles. The van der Waals surface area contributed by atoms with E-state index in [1.54, 1.807) is 0 Å². The molecule has 0 heterocycles. The number of halogens is 2. The molecule has 2 aromatic rings. The van der Waals surface area contributed by atoms with Crippen molar-refractivity contribution < 1.29 is 23.0 Å². The van der Waals surface area contributed by atoms with Crippen LogP contribution in [0, 0.1) is 11.6 Å². The molecule has 178 valence electrons. The fourth-order valence-electron chi connectivity index (χ4n) is 3.74. The van der Waals surface area contributed by atoms with Gasteiger partial charge in [0, 0.05) is 19.3 Å². The molecule has 0 aromatic heterocycles. The normalized spacial score (nSPS) is 12.4. The Hall–Kier alpha value is -1.82. The average molecular weight is 449 g/mol. The molecule has 1 atom stereocenters. The zero-order valence-corrected chi connectivity index (χ0v) is 19.7. The SMILES string of the molecule is CCCCCCCCCC(OC(OCC)OCC)c1ccc(-c2cc(F)cc(F)c2)cc1. The highest BCUT2D eigenvalue weighted by atomic mass is 19.1. The second-order valence-corrected chi connectivity index (χ2v) is 8.01. The van der Waals surface area contributed by atoms with Gasteiger partial charge in [0.1, 0.15) is 11.6 Å². The fraction of sp³-hybridized carbons (Fsp3) is 0.556. The van der Waals surface area contributed by atoms with Crippen molar-refractivity contribution in [2.45, 2.75) is 84.7 Å². The first-order valence-corrected chi connectivity index (χ1v) is 12.0. The number of unbranched alkanes of at least 4 members (excludes halogenated alkanes) is 6. The average Bonchev–Trinajstić information content (AvgIpc) is 2.77. The van der Waals surface area contributed by atoms with Crippen molar-refractivity contribution in [3.63, 3.8) is 0 Å². The zero-order chi connectivity index (χ0) is 23.2. The summed E-state index contributed by atoms with van der Waals surface area (Å²) in [7, 11) is 0. The number of rotatable bonds is 16. The molecule has 0 N–H and O–H groups in total. The summed E-state index contributed by atoms with van der Waals surface area (Å²) < 4.78 is 44.6. The summed E-state index contributed by atoms with van der Waals surface area (Å²) in [6.45, 7) is 6.33. The molecule has 3 nitrogen and oxygen atoms in total. The van der Waals surface area contributed by atoms with Gasteiger partial charge in [-0.25, -0.2) is 8.78 Å². The van der Waals surface area contributed by atoms with Gasteiger partial charge >= 0.3 is 0 Å². The first-order chi connectivity index (χ1) is 15.6. The Morgan fingerprint density at radius 1 is 0.688 bits per heavy atom. The quantitative estimate of drug-likeness (QED) is 0.191. The predicted molar refractivity (Wildman–Crippen MR) is 125 cm³/mol. The zero-order valence-electron chi connectivity index (χ0n) is 19.7. The maximum atomic E-state index is 13.6. The van der Waals surface area contributed by atoms with Crippen LogP contribution in [0.25, 0.3) is 11.1 Å². The molecule has 0 saturated carbocycles. The number of hydrogen-bond donors (Lipinski definition) is 0. The van der Waals surface area contributed by atoms with Gasteiger partial charge in [-0.15, -0.1) is 0 Å². The van der Waals surface area contributed by atoms with E-state index < -0.39 is 18.1 Å². The number of benzene rings is 2. The van der Waals surface area contributed by atoms with E-state index >= 15 is 0 Å². The second-order valence-electron chi connectivity index (χ2n) is 8.01. The van der Waals surface area contributed by atoms with Crippen molar-refractivity contribution in [3.05, 3.63) is 59.7 Å². The Morgan fingerprint density at radius 2 is 1.25 bits per heavy atom. The second kappa shape index (κ2) is 15.1. The lowest BCUT2D eigenvalue weighted by Gasteiger charge is -2.25. The van der Waals surface area contributed by atoms with Crippen molar-refractivity contribution in [1.29, 1.82) is 0 Å². The monoisotopic (exact) mass is 448 g/mol. The highest BCUT2D eigenvalue weighted by molar-refractivity contribution is 5.63. The predicted octanol–water partition coefficient (Wildman–Crippen LogP) is 8.19. The minimum atomic E-state index is -0.712. The maximum Gasteiger partial charge on any atom is 0.272 e. The summed E-state index contributed by atoms with van der Waals surface area (Å²) in [6, 6.07) is 11.2. The van der Waals surface area contributed by atoms with Crippen LogP contribution in [0.5, 0.6) is 0 Å². The van der Waals surface area contributed by atoms with Crippen LogP contribution in [-0.2, 0) is 14.2 Å². The molecular formula is C27H38F2O3. The Labute approximate surface area is 192 Å². The lowest BCUT2D eigenvalue weighted by molar-refractivity contribution is -0.304. The maximum absolute atomic E-state index is 13.6. The Bertz CT molecular complexity index is 738. The van der Waals surface area contributed by atoms with E-state index in [-0.39, 0.29) is 6.10 Å². The smallest absolute Gasteiger partial charge is 0.272 e. The summed E-state index contributed by atoms with van der Waals surface area (Å²) in [5, 5.41) is 0.